The van der Waals surface area contributed by atoms with Gasteiger partial charge in [0, 0.05) is 16.2 Å². The van der Waals surface area contributed by atoms with Crippen LogP contribution in [0, 0.1) is 6.92 Å². The summed E-state index contributed by atoms with van der Waals surface area (Å²) in [5, 5.41) is 2.90. The van der Waals surface area contributed by atoms with Crippen LogP contribution in [0.25, 0.3) is 10.9 Å². The Balaban J connectivity index is 1.88. The predicted octanol–water partition coefficient (Wildman–Crippen LogP) is 4.88. The van der Waals surface area contributed by atoms with Crippen LogP contribution < -0.4 is 0 Å². The highest BCUT2D eigenvalue weighted by atomic mass is 35.5. The van der Waals surface area contributed by atoms with E-state index in [0.717, 1.165) is 32.5 Å². The largest absolute Gasteiger partial charge is 0.233 e. The van der Waals surface area contributed by atoms with Crippen LogP contribution in [0.1, 0.15) is 11.4 Å². The highest BCUT2D eigenvalue weighted by Gasteiger charge is 2.06. The van der Waals surface area contributed by atoms with E-state index < -0.39 is 0 Å². The first kappa shape index (κ1) is 13.4. The number of thioether (sulfide) groups is 1. The molecule has 0 aliphatic heterocycles. The minimum Gasteiger partial charge on any atom is -0.233 e. The molecule has 2 aromatic carbocycles. The van der Waals surface area contributed by atoms with Crippen LogP contribution in [-0.4, -0.2) is 9.97 Å². The number of para-hydroxylation sites is 1. The molecule has 2 nitrogen and oxygen atoms in total. The zero-order chi connectivity index (χ0) is 13.9. The van der Waals surface area contributed by atoms with E-state index >= 15 is 0 Å². The fourth-order valence-electron chi connectivity index (χ4n) is 2.00. The highest BCUT2D eigenvalue weighted by Crippen LogP contribution is 2.28. The number of hydrogen-bond acceptors (Lipinski definition) is 3. The maximum atomic E-state index is 5.90. The number of halogens is 1. The molecule has 0 fully saturated rings. The smallest absolute Gasteiger partial charge is 0.127 e. The molecule has 4 heteroatoms. The van der Waals surface area contributed by atoms with Gasteiger partial charge in [-0.15, -0.1) is 11.8 Å². The van der Waals surface area contributed by atoms with Crippen molar-refractivity contribution in [3.63, 3.8) is 0 Å². The molecule has 0 aliphatic rings. The molecule has 1 aromatic heterocycles. The molecule has 20 heavy (non-hydrogen) atoms. The zero-order valence-electron chi connectivity index (χ0n) is 11.0. The quantitative estimate of drug-likeness (QED) is 0.509. The Labute approximate surface area is 127 Å². The molecule has 100 valence electrons. The lowest BCUT2D eigenvalue weighted by Gasteiger charge is -2.06. The Morgan fingerprint density at radius 2 is 1.75 bits per heavy atom. The molecule has 0 spiro atoms. The number of aromatic nitrogens is 2. The van der Waals surface area contributed by atoms with Crippen LogP contribution >= 0.6 is 23.4 Å². The van der Waals surface area contributed by atoms with E-state index in [-0.39, 0.29) is 0 Å². The Bertz CT molecular complexity index is 741. The van der Waals surface area contributed by atoms with E-state index in [2.05, 4.69) is 16.0 Å². The molecule has 0 bridgehead atoms. The standard InChI is InChI=1S/C16H13ClN2S/c1-11-18-15-5-3-2-4-14(15)16(19-11)20-10-12-6-8-13(17)9-7-12/h2-9H,10H2,1H3. The van der Waals surface area contributed by atoms with E-state index in [9.17, 15) is 0 Å². The van der Waals surface area contributed by atoms with Gasteiger partial charge in [-0.3, -0.25) is 0 Å². The van der Waals surface area contributed by atoms with E-state index in [1.165, 1.54) is 5.56 Å². The molecule has 0 saturated carbocycles. The molecule has 0 aliphatic carbocycles. The lowest BCUT2D eigenvalue weighted by molar-refractivity contribution is 1.01. The van der Waals surface area contributed by atoms with Crippen LogP contribution in [0.2, 0.25) is 5.02 Å². The molecular weight excluding hydrogens is 288 g/mol. The minimum absolute atomic E-state index is 0.766. The van der Waals surface area contributed by atoms with E-state index in [0.29, 0.717) is 0 Å². The van der Waals surface area contributed by atoms with Crippen molar-refractivity contribution in [2.45, 2.75) is 17.7 Å². The summed E-state index contributed by atoms with van der Waals surface area (Å²) >= 11 is 7.63. The first-order valence-electron chi connectivity index (χ1n) is 6.33. The van der Waals surface area contributed by atoms with E-state index in [1.807, 2.05) is 49.4 Å². The first-order valence-corrected chi connectivity index (χ1v) is 7.69. The van der Waals surface area contributed by atoms with Gasteiger partial charge in [0.05, 0.1) is 5.52 Å². The third kappa shape index (κ3) is 2.94. The summed E-state index contributed by atoms with van der Waals surface area (Å²) in [5.74, 6) is 1.68. The second-order valence-corrected chi connectivity index (χ2v) is 5.91. The van der Waals surface area contributed by atoms with Gasteiger partial charge in [-0.25, -0.2) is 9.97 Å². The van der Waals surface area contributed by atoms with Crippen molar-refractivity contribution < 1.29 is 0 Å². The summed E-state index contributed by atoms with van der Waals surface area (Å²) in [6.45, 7) is 1.93. The number of benzene rings is 2. The molecule has 1 heterocycles. The summed E-state index contributed by atoms with van der Waals surface area (Å²) in [6.07, 6.45) is 0. The summed E-state index contributed by atoms with van der Waals surface area (Å²) in [5.41, 5.74) is 2.23. The maximum absolute atomic E-state index is 5.90. The molecule has 0 atom stereocenters. The fourth-order valence-corrected chi connectivity index (χ4v) is 3.15. The third-order valence-electron chi connectivity index (χ3n) is 2.97. The summed E-state index contributed by atoms with van der Waals surface area (Å²) < 4.78 is 0. The molecule has 3 aromatic rings. The SMILES string of the molecule is Cc1nc(SCc2ccc(Cl)cc2)c2ccccc2n1. The molecular formula is C16H13ClN2S. The minimum atomic E-state index is 0.766. The van der Waals surface area contributed by atoms with Gasteiger partial charge in [0.25, 0.3) is 0 Å². The summed E-state index contributed by atoms with van der Waals surface area (Å²) in [6, 6.07) is 16.0. The van der Waals surface area contributed by atoms with Crippen molar-refractivity contribution in [1.82, 2.24) is 9.97 Å². The average Bonchev–Trinajstić information content (AvgIpc) is 2.46. The van der Waals surface area contributed by atoms with Crippen molar-refractivity contribution in [2.24, 2.45) is 0 Å². The van der Waals surface area contributed by atoms with Crippen molar-refractivity contribution in [3.05, 3.63) is 64.9 Å². The van der Waals surface area contributed by atoms with Crippen LogP contribution in [0.15, 0.2) is 53.6 Å². The molecule has 0 radical (unpaired) electrons. The van der Waals surface area contributed by atoms with Crippen molar-refractivity contribution in [2.75, 3.05) is 0 Å². The lowest BCUT2D eigenvalue weighted by atomic mass is 10.2. The van der Waals surface area contributed by atoms with Crippen LogP contribution in [-0.2, 0) is 5.75 Å². The summed E-state index contributed by atoms with van der Waals surface area (Å²) in [4.78, 5) is 9.02. The maximum Gasteiger partial charge on any atom is 0.127 e. The number of fused-ring (bicyclic) bond motifs is 1. The van der Waals surface area contributed by atoms with Crippen LogP contribution in [0.5, 0.6) is 0 Å². The fraction of sp³-hybridized carbons (Fsp3) is 0.125. The van der Waals surface area contributed by atoms with Crippen LogP contribution in [0.4, 0.5) is 0 Å². The third-order valence-corrected chi connectivity index (χ3v) is 4.28. The predicted molar refractivity (Wildman–Crippen MR) is 85.3 cm³/mol. The highest BCUT2D eigenvalue weighted by molar-refractivity contribution is 7.98. The monoisotopic (exact) mass is 300 g/mol. The topological polar surface area (TPSA) is 25.8 Å². The van der Waals surface area contributed by atoms with Gasteiger partial charge in [0.15, 0.2) is 0 Å². The molecule has 3 rings (SSSR count). The van der Waals surface area contributed by atoms with E-state index in [1.54, 1.807) is 11.8 Å². The second-order valence-electron chi connectivity index (χ2n) is 4.51. The molecule has 0 unspecified atom stereocenters. The Morgan fingerprint density at radius 3 is 2.55 bits per heavy atom. The molecule has 0 amide bonds. The Morgan fingerprint density at radius 1 is 1.00 bits per heavy atom. The van der Waals surface area contributed by atoms with Gasteiger partial charge in [0.1, 0.15) is 10.9 Å². The Hall–Kier alpha value is -1.58. The van der Waals surface area contributed by atoms with Gasteiger partial charge in [-0.2, -0.15) is 0 Å². The zero-order valence-corrected chi connectivity index (χ0v) is 12.6. The lowest BCUT2D eigenvalue weighted by Crippen LogP contribution is -1.93. The number of rotatable bonds is 3. The van der Waals surface area contributed by atoms with Gasteiger partial charge in [-0.05, 0) is 30.7 Å². The second kappa shape index (κ2) is 5.81. The van der Waals surface area contributed by atoms with Crippen molar-refractivity contribution >= 4 is 34.3 Å². The van der Waals surface area contributed by atoms with Gasteiger partial charge in [0.2, 0.25) is 0 Å². The number of hydrogen-bond donors (Lipinski definition) is 0. The number of nitrogens with zero attached hydrogens (tertiary/aromatic N) is 2. The Kier molecular flexibility index (Phi) is 3.90. The van der Waals surface area contributed by atoms with E-state index in [4.69, 9.17) is 11.6 Å². The molecule has 0 saturated heterocycles. The van der Waals surface area contributed by atoms with Gasteiger partial charge >= 0.3 is 0 Å². The first-order chi connectivity index (χ1) is 9.72. The van der Waals surface area contributed by atoms with Gasteiger partial charge in [-0.1, -0.05) is 41.9 Å². The van der Waals surface area contributed by atoms with Crippen molar-refractivity contribution in [1.29, 1.82) is 0 Å². The number of aryl methyl sites for hydroxylation is 1. The van der Waals surface area contributed by atoms with Gasteiger partial charge < -0.3 is 0 Å². The average molecular weight is 301 g/mol. The molecule has 0 N–H and O–H groups in total. The summed E-state index contributed by atoms with van der Waals surface area (Å²) in [7, 11) is 0. The normalized spacial score (nSPS) is 10.9. The van der Waals surface area contributed by atoms with Crippen molar-refractivity contribution in [3.8, 4) is 0 Å². The van der Waals surface area contributed by atoms with Crippen LogP contribution in [0.3, 0.4) is 0 Å².